The quantitative estimate of drug-likeness (QED) is 0.423. The van der Waals surface area contributed by atoms with Gasteiger partial charge < -0.3 is 19.7 Å². The lowest BCUT2D eigenvalue weighted by Gasteiger charge is -2.05. The van der Waals surface area contributed by atoms with Crippen LogP contribution >= 0.6 is 0 Å². The molecule has 2 N–H and O–H groups in total. The standard InChI is InChI=1S/C8H12O6/c1-13-7(11)2-3-8(12)14-5-6(10)4-9/h2-3,6,9-10H,4-5H2,1H3/b3-2+. The van der Waals surface area contributed by atoms with Crippen LogP contribution in [0.4, 0.5) is 0 Å². The first kappa shape index (κ1) is 12.6. The minimum Gasteiger partial charge on any atom is -0.466 e. The smallest absolute Gasteiger partial charge is 0.331 e. The number of aliphatic hydroxyl groups is 2. The van der Waals surface area contributed by atoms with Crippen LogP contribution in [0.25, 0.3) is 0 Å². The number of rotatable bonds is 5. The number of ether oxygens (including phenoxy) is 2. The molecule has 0 radical (unpaired) electrons. The summed E-state index contributed by atoms with van der Waals surface area (Å²) in [5.41, 5.74) is 0. The molecule has 0 heterocycles. The van der Waals surface area contributed by atoms with Crippen LogP contribution in [0.5, 0.6) is 0 Å². The van der Waals surface area contributed by atoms with Crippen molar-refractivity contribution in [1.29, 1.82) is 0 Å². The van der Waals surface area contributed by atoms with E-state index >= 15 is 0 Å². The largest absolute Gasteiger partial charge is 0.466 e. The summed E-state index contributed by atoms with van der Waals surface area (Å²) in [6, 6.07) is 0. The third-order valence-electron chi connectivity index (χ3n) is 1.19. The summed E-state index contributed by atoms with van der Waals surface area (Å²) in [5.74, 6) is -1.47. The molecule has 0 aliphatic carbocycles. The number of esters is 2. The third-order valence-corrected chi connectivity index (χ3v) is 1.19. The zero-order valence-electron chi connectivity index (χ0n) is 7.67. The van der Waals surface area contributed by atoms with Gasteiger partial charge in [0.05, 0.1) is 13.7 Å². The van der Waals surface area contributed by atoms with Gasteiger partial charge in [-0.05, 0) is 0 Å². The van der Waals surface area contributed by atoms with Crippen LogP contribution < -0.4 is 0 Å². The molecule has 0 spiro atoms. The van der Waals surface area contributed by atoms with Crippen molar-refractivity contribution in [2.45, 2.75) is 6.10 Å². The summed E-state index contributed by atoms with van der Waals surface area (Å²) in [6.45, 7) is -0.811. The van der Waals surface area contributed by atoms with Crippen molar-refractivity contribution in [3.8, 4) is 0 Å². The lowest BCUT2D eigenvalue weighted by Crippen LogP contribution is -2.21. The van der Waals surface area contributed by atoms with E-state index in [-0.39, 0.29) is 6.61 Å². The molecule has 6 nitrogen and oxygen atoms in total. The maximum absolute atomic E-state index is 10.8. The highest BCUT2D eigenvalue weighted by atomic mass is 16.5. The molecule has 0 aromatic carbocycles. The molecule has 0 saturated carbocycles. The average Bonchev–Trinajstić information content (AvgIpc) is 2.22. The van der Waals surface area contributed by atoms with E-state index < -0.39 is 24.6 Å². The second kappa shape index (κ2) is 7.05. The Kier molecular flexibility index (Phi) is 6.34. The Hall–Kier alpha value is -1.40. The maximum Gasteiger partial charge on any atom is 0.331 e. The Balaban J connectivity index is 3.76. The van der Waals surface area contributed by atoms with Gasteiger partial charge in [-0.15, -0.1) is 0 Å². The highest BCUT2D eigenvalue weighted by Gasteiger charge is 2.05. The van der Waals surface area contributed by atoms with E-state index in [1.54, 1.807) is 0 Å². The fourth-order valence-corrected chi connectivity index (χ4v) is 0.483. The van der Waals surface area contributed by atoms with E-state index in [1.807, 2.05) is 0 Å². The molecule has 6 heteroatoms. The second-order valence-corrected chi connectivity index (χ2v) is 2.32. The minimum absolute atomic E-state index is 0.319. The van der Waals surface area contributed by atoms with Crippen LogP contribution in [0, 0.1) is 0 Å². The van der Waals surface area contributed by atoms with Gasteiger partial charge in [0.15, 0.2) is 0 Å². The van der Waals surface area contributed by atoms with Crippen molar-refractivity contribution in [2.24, 2.45) is 0 Å². The Morgan fingerprint density at radius 1 is 1.36 bits per heavy atom. The number of carbonyl (C=O) groups is 2. The summed E-state index contributed by atoms with van der Waals surface area (Å²) in [6.07, 6.45) is 0.661. The van der Waals surface area contributed by atoms with Crippen LogP contribution in [-0.4, -0.2) is 48.6 Å². The molecule has 14 heavy (non-hydrogen) atoms. The zero-order valence-corrected chi connectivity index (χ0v) is 7.67. The number of methoxy groups -OCH3 is 1. The van der Waals surface area contributed by atoms with Crippen LogP contribution in [-0.2, 0) is 19.1 Å². The highest BCUT2D eigenvalue weighted by Crippen LogP contribution is 1.87. The Labute approximate surface area is 80.7 Å². The van der Waals surface area contributed by atoms with E-state index in [0.717, 1.165) is 12.2 Å². The Morgan fingerprint density at radius 2 is 1.93 bits per heavy atom. The molecule has 0 aliphatic rings. The van der Waals surface area contributed by atoms with Gasteiger partial charge in [0, 0.05) is 12.2 Å². The normalized spacial score (nSPS) is 12.5. The molecule has 80 valence electrons. The van der Waals surface area contributed by atoms with Gasteiger partial charge in [0.2, 0.25) is 0 Å². The van der Waals surface area contributed by atoms with Crippen molar-refractivity contribution in [2.75, 3.05) is 20.3 Å². The summed E-state index contributed by atoms with van der Waals surface area (Å²) in [5, 5.41) is 17.2. The molecule has 0 fully saturated rings. The van der Waals surface area contributed by atoms with Gasteiger partial charge in [0.1, 0.15) is 12.7 Å². The lowest BCUT2D eigenvalue weighted by atomic mass is 10.4. The SMILES string of the molecule is COC(=O)/C=C/C(=O)OCC(O)CO. The number of carbonyl (C=O) groups excluding carboxylic acids is 2. The summed E-state index contributed by atoms with van der Waals surface area (Å²) in [7, 11) is 1.17. The summed E-state index contributed by atoms with van der Waals surface area (Å²) >= 11 is 0. The molecule has 1 unspecified atom stereocenters. The van der Waals surface area contributed by atoms with Crippen LogP contribution in [0.2, 0.25) is 0 Å². The van der Waals surface area contributed by atoms with Crippen molar-refractivity contribution in [1.82, 2.24) is 0 Å². The monoisotopic (exact) mass is 204 g/mol. The van der Waals surface area contributed by atoms with Gasteiger partial charge in [-0.3, -0.25) is 0 Å². The Bertz CT molecular complexity index is 222. The van der Waals surface area contributed by atoms with E-state index in [9.17, 15) is 9.59 Å². The van der Waals surface area contributed by atoms with E-state index in [1.165, 1.54) is 7.11 Å². The number of aliphatic hydroxyl groups excluding tert-OH is 2. The summed E-state index contributed by atoms with van der Waals surface area (Å²) in [4.78, 5) is 21.3. The van der Waals surface area contributed by atoms with Crippen molar-refractivity contribution in [3.63, 3.8) is 0 Å². The second-order valence-electron chi connectivity index (χ2n) is 2.32. The highest BCUT2D eigenvalue weighted by molar-refractivity contribution is 5.91. The topological polar surface area (TPSA) is 93.1 Å². The predicted octanol–water partition coefficient (Wildman–Crippen LogP) is -1.39. The van der Waals surface area contributed by atoms with Crippen LogP contribution in [0.1, 0.15) is 0 Å². The lowest BCUT2D eigenvalue weighted by molar-refractivity contribution is -0.142. The molecule has 0 bridgehead atoms. The average molecular weight is 204 g/mol. The molecular weight excluding hydrogens is 192 g/mol. The predicted molar refractivity (Wildman–Crippen MR) is 45.2 cm³/mol. The number of hydrogen-bond acceptors (Lipinski definition) is 6. The van der Waals surface area contributed by atoms with E-state index in [0.29, 0.717) is 0 Å². The first-order valence-corrected chi connectivity index (χ1v) is 3.82. The maximum atomic E-state index is 10.8. The molecule has 0 rings (SSSR count). The third kappa shape index (κ3) is 6.15. The molecular formula is C8H12O6. The molecule has 0 aromatic rings. The fourth-order valence-electron chi connectivity index (χ4n) is 0.483. The molecule has 0 aliphatic heterocycles. The Morgan fingerprint density at radius 3 is 2.43 bits per heavy atom. The molecule has 1 atom stereocenters. The van der Waals surface area contributed by atoms with Gasteiger partial charge in [0.25, 0.3) is 0 Å². The summed E-state index contributed by atoms with van der Waals surface area (Å²) < 4.78 is 8.67. The minimum atomic E-state index is -1.11. The first-order chi connectivity index (χ1) is 6.60. The van der Waals surface area contributed by atoms with Crippen molar-refractivity contribution in [3.05, 3.63) is 12.2 Å². The van der Waals surface area contributed by atoms with Gasteiger partial charge in [-0.2, -0.15) is 0 Å². The molecule has 0 amide bonds. The molecule has 0 aromatic heterocycles. The fraction of sp³-hybridized carbons (Fsp3) is 0.500. The molecule has 0 saturated heterocycles. The zero-order chi connectivity index (χ0) is 11.0. The van der Waals surface area contributed by atoms with Crippen LogP contribution in [0.3, 0.4) is 0 Å². The first-order valence-electron chi connectivity index (χ1n) is 3.82. The van der Waals surface area contributed by atoms with Gasteiger partial charge in [-0.1, -0.05) is 0 Å². The van der Waals surface area contributed by atoms with E-state index in [2.05, 4.69) is 9.47 Å². The van der Waals surface area contributed by atoms with Gasteiger partial charge >= 0.3 is 11.9 Å². The van der Waals surface area contributed by atoms with Gasteiger partial charge in [-0.25, -0.2) is 9.59 Å². The van der Waals surface area contributed by atoms with Crippen LogP contribution in [0.15, 0.2) is 12.2 Å². The van der Waals surface area contributed by atoms with Crippen molar-refractivity contribution >= 4 is 11.9 Å². The van der Waals surface area contributed by atoms with E-state index in [4.69, 9.17) is 10.2 Å². The number of hydrogen-bond donors (Lipinski definition) is 2. The van der Waals surface area contributed by atoms with Crippen molar-refractivity contribution < 1.29 is 29.3 Å².